The van der Waals surface area contributed by atoms with Crippen LogP contribution < -0.4 is 11.3 Å². The first-order valence-electron chi connectivity index (χ1n) is 5.33. The van der Waals surface area contributed by atoms with E-state index in [-0.39, 0.29) is 0 Å². The van der Waals surface area contributed by atoms with E-state index in [0.29, 0.717) is 5.95 Å². The zero-order valence-corrected chi connectivity index (χ0v) is 9.59. The Labute approximate surface area is 100 Å². The summed E-state index contributed by atoms with van der Waals surface area (Å²) < 4.78 is 0. The maximum absolute atomic E-state index is 5.30. The molecule has 0 atom stereocenters. The molecule has 1 heterocycles. The van der Waals surface area contributed by atoms with Gasteiger partial charge in [0, 0.05) is 5.69 Å². The number of rotatable bonds is 3. The molecule has 2 aromatic rings. The summed E-state index contributed by atoms with van der Waals surface area (Å²) in [6, 6.07) is 12.0. The molecular weight excluding hydrogens is 212 g/mol. The van der Waals surface area contributed by atoms with Crippen molar-refractivity contribution in [1.29, 1.82) is 0 Å². The van der Waals surface area contributed by atoms with Gasteiger partial charge < -0.3 is 0 Å². The van der Waals surface area contributed by atoms with E-state index in [4.69, 9.17) is 5.84 Å². The van der Waals surface area contributed by atoms with E-state index in [0.717, 1.165) is 17.0 Å². The third kappa shape index (κ3) is 3.12. The van der Waals surface area contributed by atoms with Crippen molar-refractivity contribution in [2.45, 2.75) is 6.92 Å². The van der Waals surface area contributed by atoms with Crippen molar-refractivity contribution in [2.75, 3.05) is 5.43 Å². The summed E-state index contributed by atoms with van der Waals surface area (Å²) in [7, 11) is 0. The zero-order valence-electron chi connectivity index (χ0n) is 9.59. The van der Waals surface area contributed by atoms with E-state index >= 15 is 0 Å². The summed E-state index contributed by atoms with van der Waals surface area (Å²) >= 11 is 0. The summed E-state index contributed by atoms with van der Waals surface area (Å²) in [4.78, 5) is 8.36. The van der Waals surface area contributed by atoms with Crippen LogP contribution in [-0.4, -0.2) is 9.97 Å². The van der Waals surface area contributed by atoms with Crippen LogP contribution in [0, 0.1) is 6.92 Å². The monoisotopic (exact) mass is 226 g/mol. The molecule has 0 aliphatic carbocycles. The van der Waals surface area contributed by atoms with E-state index in [9.17, 15) is 0 Å². The van der Waals surface area contributed by atoms with Crippen LogP contribution in [0.5, 0.6) is 0 Å². The Morgan fingerprint density at radius 1 is 1.12 bits per heavy atom. The van der Waals surface area contributed by atoms with Crippen molar-refractivity contribution in [3.8, 4) is 0 Å². The molecule has 0 saturated heterocycles. The van der Waals surface area contributed by atoms with Gasteiger partial charge in [-0.3, -0.25) is 5.43 Å². The minimum absolute atomic E-state index is 0.428. The first-order valence-corrected chi connectivity index (χ1v) is 5.33. The number of aryl methyl sites for hydroxylation is 1. The first kappa shape index (κ1) is 11.3. The van der Waals surface area contributed by atoms with E-state index in [1.54, 1.807) is 0 Å². The molecule has 0 radical (unpaired) electrons. The molecule has 0 bridgehead atoms. The van der Waals surface area contributed by atoms with Gasteiger partial charge in [0.2, 0.25) is 5.95 Å². The number of nitrogens with zero attached hydrogens (tertiary/aromatic N) is 2. The molecule has 4 heteroatoms. The molecule has 0 aliphatic rings. The van der Waals surface area contributed by atoms with Crippen LogP contribution in [0.15, 0.2) is 36.4 Å². The first-order chi connectivity index (χ1) is 8.28. The number of anilines is 1. The highest BCUT2D eigenvalue weighted by atomic mass is 15.3. The van der Waals surface area contributed by atoms with E-state index in [2.05, 4.69) is 15.4 Å². The third-order valence-corrected chi connectivity index (χ3v) is 2.25. The number of hydrogen-bond donors (Lipinski definition) is 2. The van der Waals surface area contributed by atoms with Crippen LogP contribution in [0.4, 0.5) is 5.95 Å². The van der Waals surface area contributed by atoms with Gasteiger partial charge in [0.1, 0.15) is 0 Å². The fourth-order valence-corrected chi connectivity index (χ4v) is 1.49. The number of nitrogens with one attached hydrogen (secondary N) is 1. The molecular formula is C13H14N4. The molecule has 17 heavy (non-hydrogen) atoms. The van der Waals surface area contributed by atoms with Crippen molar-refractivity contribution in [1.82, 2.24) is 9.97 Å². The Hall–Kier alpha value is -2.20. The van der Waals surface area contributed by atoms with E-state index in [1.807, 2.05) is 55.5 Å². The van der Waals surface area contributed by atoms with E-state index < -0.39 is 0 Å². The van der Waals surface area contributed by atoms with Gasteiger partial charge in [-0.05, 0) is 24.6 Å². The minimum Gasteiger partial charge on any atom is -0.292 e. The van der Waals surface area contributed by atoms with E-state index in [1.165, 1.54) is 0 Å². The predicted octanol–water partition coefficient (Wildman–Crippen LogP) is 2.24. The lowest BCUT2D eigenvalue weighted by Gasteiger charge is -2.01. The van der Waals surface area contributed by atoms with Crippen LogP contribution in [0.2, 0.25) is 0 Å². The Morgan fingerprint density at radius 3 is 2.59 bits per heavy atom. The highest BCUT2D eigenvalue weighted by Gasteiger charge is 1.97. The molecule has 0 unspecified atom stereocenters. The average molecular weight is 226 g/mol. The normalized spacial score (nSPS) is 10.7. The predicted molar refractivity (Wildman–Crippen MR) is 69.9 cm³/mol. The standard InChI is InChI=1S/C13H14N4/c1-10-9-12(16-13(15-10)17-14)8-7-11-5-3-2-4-6-11/h2-9H,14H2,1H3,(H,15,16,17). The number of nitrogens with two attached hydrogens (primary N) is 1. The topological polar surface area (TPSA) is 63.8 Å². The number of nitrogen functional groups attached to an aromatic ring is 1. The van der Waals surface area contributed by atoms with Gasteiger partial charge in [-0.15, -0.1) is 0 Å². The van der Waals surface area contributed by atoms with Crippen LogP contribution in [0.25, 0.3) is 12.2 Å². The SMILES string of the molecule is Cc1cc(C=Cc2ccccc2)nc(NN)n1. The van der Waals surface area contributed by atoms with Crippen molar-refractivity contribution < 1.29 is 0 Å². The molecule has 3 N–H and O–H groups in total. The van der Waals surface area contributed by atoms with Crippen LogP contribution in [0.3, 0.4) is 0 Å². The maximum Gasteiger partial charge on any atom is 0.237 e. The summed E-state index contributed by atoms with van der Waals surface area (Å²) in [6.07, 6.45) is 3.94. The zero-order chi connectivity index (χ0) is 12.1. The molecule has 0 aliphatic heterocycles. The number of aromatic nitrogens is 2. The maximum atomic E-state index is 5.30. The second-order valence-corrected chi connectivity index (χ2v) is 3.65. The summed E-state index contributed by atoms with van der Waals surface area (Å²) in [5.41, 5.74) is 5.28. The van der Waals surface area contributed by atoms with Gasteiger partial charge >= 0.3 is 0 Å². The summed E-state index contributed by atoms with van der Waals surface area (Å²) in [5.74, 6) is 5.72. The lowest BCUT2D eigenvalue weighted by molar-refractivity contribution is 1.06. The largest absolute Gasteiger partial charge is 0.292 e. The molecule has 0 spiro atoms. The van der Waals surface area contributed by atoms with Gasteiger partial charge in [0.25, 0.3) is 0 Å². The minimum atomic E-state index is 0.428. The molecule has 1 aromatic carbocycles. The molecule has 86 valence electrons. The second-order valence-electron chi connectivity index (χ2n) is 3.65. The third-order valence-electron chi connectivity index (χ3n) is 2.25. The second kappa shape index (κ2) is 5.23. The average Bonchev–Trinajstić information content (AvgIpc) is 2.37. The van der Waals surface area contributed by atoms with Crippen molar-refractivity contribution >= 4 is 18.1 Å². The van der Waals surface area contributed by atoms with Crippen LogP contribution in [0.1, 0.15) is 17.0 Å². The lowest BCUT2D eigenvalue weighted by Crippen LogP contribution is -2.11. The Kier molecular flexibility index (Phi) is 3.47. The van der Waals surface area contributed by atoms with Gasteiger partial charge in [-0.2, -0.15) is 0 Å². The smallest absolute Gasteiger partial charge is 0.237 e. The van der Waals surface area contributed by atoms with Crippen LogP contribution in [-0.2, 0) is 0 Å². The molecule has 2 rings (SSSR count). The highest BCUT2D eigenvalue weighted by molar-refractivity contribution is 5.68. The van der Waals surface area contributed by atoms with Gasteiger partial charge in [-0.1, -0.05) is 36.4 Å². The lowest BCUT2D eigenvalue weighted by atomic mass is 10.2. The number of hydrazine groups is 1. The Balaban J connectivity index is 2.24. The fraction of sp³-hybridized carbons (Fsp3) is 0.0769. The van der Waals surface area contributed by atoms with Crippen molar-refractivity contribution in [3.05, 3.63) is 53.3 Å². The number of hydrogen-bond acceptors (Lipinski definition) is 4. The highest BCUT2D eigenvalue weighted by Crippen LogP contribution is 2.09. The molecule has 0 saturated carbocycles. The molecule has 0 amide bonds. The fourth-order valence-electron chi connectivity index (χ4n) is 1.49. The molecule has 0 fully saturated rings. The Morgan fingerprint density at radius 2 is 1.88 bits per heavy atom. The molecule has 4 nitrogen and oxygen atoms in total. The summed E-state index contributed by atoms with van der Waals surface area (Å²) in [6.45, 7) is 1.91. The number of benzene rings is 1. The summed E-state index contributed by atoms with van der Waals surface area (Å²) in [5, 5.41) is 0. The van der Waals surface area contributed by atoms with Gasteiger partial charge in [-0.25, -0.2) is 15.8 Å². The Bertz CT molecular complexity index is 520. The molecule has 1 aromatic heterocycles. The van der Waals surface area contributed by atoms with Crippen LogP contribution >= 0.6 is 0 Å². The quantitative estimate of drug-likeness (QED) is 0.622. The van der Waals surface area contributed by atoms with Crippen molar-refractivity contribution in [3.63, 3.8) is 0 Å². The van der Waals surface area contributed by atoms with Gasteiger partial charge in [0.15, 0.2) is 0 Å². The van der Waals surface area contributed by atoms with Gasteiger partial charge in [0.05, 0.1) is 5.69 Å². The van der Waals surface area contributed by atoms with Crippen molar-refractivity contribution in [2.24, 2.45) is 5.84 Å².